The minimum absolute atomic E-state index is 0.349. The van der Waals surface area contributed by atoms with Gasteiger partial charge in [0.05, 0.1) is 0 Å². The van der Waals surface area contributed by atoms with Gasteiger partial charge in [-0.15, -0.1) is 0 Å². The van der Waals surface area contributed by atoms with Gasteiger partial charge in [-0.1, -0.05) is 20.3 Å². The quantitative estimate of drug-likeness (QED) is 0.738. The summed E-state index contributed by atoms with van der Waals surface area (Å²) in [5.74, 6) is 0.874. The van der Waals surface area contributed by atoms with Gasteiger partial charge >= 0.3 is 0 Å². The SMILES string of the molecule is CCN(CC)CCC(=O)C1CC2CCCC(C1)N2C. The Hall–Kier alpha value is -0.410. The molecule has 0 amide bonds. The molecular formula is C16H30N2O. The number of hydrogen-bond acceptors (Lipinski definition) is 3. The van der Waals surface area contributed by atoms with E-state index in [0.29, 0.717) is 23.8 Å². The molecule has 2 fully saturated rings. The summed E-state index contributed by atoms with van der Waals surface area (Å²) in [5.41, 5.74) is 0. The first-order valence-electron chi connectivity index (χ1n) is 8.12. The van der Waals surface area contributed by atoms with Gasteiger partial charge in [-0.25, -0.2) is 0 Å². The highest BCUT2D eigenvalue weighted by molar-refractivity contribution is 5.81. The monoisotopic (exact) mass is 266 g/mol. The number of carbonyl (C=O) groups is 1. The highest BCUT2D eigenvalue weighted by Gasteiger charge is 2.38. The fraction of sp³-hybridized carbons (Fsp3) is 0.938. The first-order chi connectivity index (χ1) is 9.15. The second-order valence-electron chi connectivity index (χ2n) is 6.32. The van der Waals surface area contributed by atoms with Crippen molar-refractivity contribution in [3.8, 4) is 0 Å². The Morgan fingerprint density at radius 2 is 1.74 bits per heavy atom. The maximum absolute atomic E-state index is 12.4. The molecule has 2 aliphatic heterocycles. The lowest BCUT2D eigenvalue weighted by Gasteiger charge is -2.46. The molecule has 2 unspecified atom stereocenters. The maximum atomic E-state index is 12.4. The number of hydrogen-bond donors (Lipinski definition) is 0. The Balaban J connectivity index is 1.83. The lowest BCUT2D eigenvalue weighted by molar-refractivity contribution is -0.126. The van der Waals surface area contributed by atoms with Crippen LogP contribution in [0.4, 0.5) is 0 Å². The highest BCUT2D eigenvalue weighted by atomic mass is 16.1. The second kappa shape index (κ2) is 6.85. The summed E-state index contributed by atoms with van der Waals surface area (Å²) in [4.78, 5) is 17.3. The molecule has 0 aromatic rings. The van der Waals surface area contributed by atoms with Crippen LogP contribution < -0.4 is 0 Å². The fourth-order valence-electron chi connectivity index (χ4n) is 3.89. The van der Waals surface area contributed by atoms with Crippen molar-refractivity contribution >= 4 is 5.78 Å². The third-order valence-corrected chi connectivity index (χ3v) is 5.36. The van der Waals surface area contributed by atoms with Crippen molar-refractivity contribution in [2.75, 3.05) is 26.7 Å². The summed E-state index contributed by atoms with van der Waals surface area (Å²) >= 11 is 0. The van der Waals surface area contributed by atoms with Crippen LogP contribution in [0.15, 0.2) is 0 Å². The van der Waals surface area contributed by atoms with E-state index in [4.69, 9.17) is 0 Å². The van der Waals surface area contributed by atoms with E-state index in [2.05, 4.69) is 30.7 Å². The van der Waals surface area contributed by atoms with Crippen LogP contribution in [0, 0.1) is 5.92 Å². The summed E-state index contributed by atoms with van der Waals surface area (Å²) in [6.45, 7) is 7.42. The van der Waals surface area contributed by atoms with E-state index < -0.39 is 0 Å². The summed E-state index contributed by atoms with van der Waals surface area (Å²) in [5, 5.41) is 0. The molecule has 2 rings (SSSR count). The zero-order valence-corrected chi connectivity index (χ0v) is 12.9. The molecule has 110 valence electrons. The summed E-state index contributed by atoms with van der Waals surface area (Å²) in [6.07, 6.45) is 6.95. The summed E-state index contributed by atoms with van der Waals surface area (Å²) in [7, 11) is 2.26. The predicted molar refractivity (Wildman–Crippen MR) is 79.3 cm³/mol. The van der Waals surface area contributed by atoms with Crippen molar-refractivity contribution in [2.45, 2.75) is 64.5 Å². The van der Waals surface area contributed by atoms with Crippen LogP contribution in [-0.2, 0) is 4.79 Å². The van der Waals surface area contributed by atoms with Crippen molar-refractivity contribution in [3.63, 3.8) is 0 Å². The van der Waals surface area contributed by atoms with Crippen LogP contribution in [0.25, 0.3) is 0 Å². The van der Waals surface area contributed by atoms with Crippen LogP contribution in [0.2, 0.25) is 0 Å². The average molecular weight is 266 g/mol. The van der Waals surface area contributed by atoms with E-state index >= 15 is 0 Å². The Bertz CT molecular complexity index is 287. The molecular weight excluding hydrogens is 236 g/mol. The molecule has 19 heavy (non-hydrogen) atoms. The van der Waals surface area contributed by atoms with Crippen molar-refractivity contribution in [3.05, 3.63) is 0 Å². The van der Waals surface area contributed by atoms with Gasteiger partial charge in [0.15, 0.2) is 0 Å². The Morgan fingerprint density at radius 1 is 1.16 bits per heavy atom. The summed E-state index contributed by atoms with van der Waals surface area (Å²) < 4.78 is 0. The Kier molecular flexibility index (Phi) is 5.40. The first-order valence-corrected chi connectivity index (χ1v) is 8.12. The van der Waals surface area contributed by atoms with Crippen molar-refractivity contribution in [1.82, 2.24) is 9.80 Å². The molecule has 3 heteroatoms. The lowest BCUT2D eigenvalue weighted by Crippen LogP contribution is -2.51. The molecule has 2 bridgehead atoms. The number of nitrogens with zero attached hydrogens (tertiary/aromatic N) is 2. The van der Waals surface area contributed by atoms with Crippen LogP contribution in [0.5, 0.6) is 0 Å². The topological polar surface area (TPSA) is 23.6 Å². The molecule has 0 aliphatic carbocycles. The molecule has 2 atom stereocenters. The van der Waals surface area contributed by atoms with Gasteiger partial charge in [0.25, 0.3) is 0 Å². The molecule has 0 aromatic heterocycles. The Labute approximate surface area is 118 Å². The van der Waals surface area contributed by atoms with Crippen LogP contribution >= 0.6 is 0 Å². The number of rotatable bonds is 6. The van der Waals surface area contributed by atoms with Gasteiger partial charge < -0.3 is 9.80 Å². The smallest absolute Gasteiger partial charge is 0.137 e. The zero-order valence-electron chi connectivity index (χ0n) is 12.9. The number of ketones is 1. The largest absolute Gasteiger partial charge is 0.303 e. The van der Waals surface area contributed by atoms with Gasteiger partial charge in [0.1, 0.15) is 5.78 Å². The molecule has 2 heterocycles. The molecule has 0 radical (unpaired) electrons. The minimum Gasteiger partial charge on any atom is -0.303 e. The van der Waals surface area contributed by atoms with E-state index in [-0.39, 0.29) is 0 Å². The lowest BCUT2D eigenvalue weighted by atomic mass is 9.76. The molecule has 0 spiro atoms. The molecule has 0 N–H and O–H groups in total. The number of Topliss-reactive ketones (excluding diaryl/α,β-unsaturated/α-hetero) is 1. The third kappa shape index (κ3) is 3.57. The fourth-order valence-corrected chi connectivity index (χ4v) is 3.89. The van der Waals surface area contributed by atoms with E-state index in [0.717, 1.165) is 38.9 Å². The minimum atomic E-state index is 0.349. The number of carbonyl (C=O) groups excluding carboxylic acids is 1. The third-order valence-electron chi connectivity index (χ3n) is 5.36. The van der Waals surface area contributed by atoms with Crippen molar-refractivity contribution in [2.24, 2.45) is 5.92 Å². The average Bonchev–Trinajstić information content (AvgIpc) is 2.39. The Morgan fingerprint density at radius 3 is 2.26 bits per heavy atom. The molecule has 2 saturated heterocycles. The van der Waals surface area contributed by atoms with Gasteiger partial charge in [0, 0.05) is 31.0 Å². The van der Waals surface area contributed by atoms with E-state index in [9.17, 15) is 4.79 Å². The molecule has 0 saturated carbocycles. The predicted octanol–water partition coefficient (Wildman–Crippen LogP) is 2.55. The van der Waals surface area contributed by atoms with Crippen LogP contribution in [0.3, 0.4) is 0 Å². The number of piperidine rings is 2. The molecule has 3 nitrogen and oxygen atoms in total. The van der Waals surface area contributed by atoms with Gasteiger partial charge in [0.2, 0.25) is 0 Å². The highest BCUT2D eigenvalue weighted by Crippen LogP contribution is 2.36. The second-order valence-corrected chi connectivity index (χ2v) is 6.32. The van der Waals surface area contributed by atoms with Crippen LogP contribution in [-0.4, -0.2) is 54.3 Å². The zero-order chi connectivity index (χ0) is 13.8. The number of fused-ring (bicyclic) bond motifs is 2. The van der Waals surface area contributed by atoms with Crippen molar-refractivity contribution < 1.29 is 4.79 Å². The van der Waals surface area contributed by atoms with E-state index in [1.807, 2.05) is 0 Å². The van der Waals surface area contributed by atoms with Crippen molar-refractivity contribution in [1.29, 1.82) is 0 Å². The van der Waals surface area contributed by atoms with Gasteiger partial charge in [-0.3, -0.25) is 4.79 Å². The maximum Gasteiger partial charge on any atom is 0.137 e. The normalized spacial score (nSPS) is 31.7. The van der Waals surface area contributed by atoms with Gasteiger partial charge in [-0.2, -0.15) is 0 Å². The van der Waals surface area contributed by atoms with Gasteiger partial charge in [-0.05, 0) is 45.8 Å². The molecule has 0 aromatic carbocycles. The van der Waals surface area contributed by atoms with E-state index in [1.165, 1.54) is 19.3 Å². The molecule has 2 aliphatic rings. The van der Waals surface area contributed by atoms with E-state index in [1.54, 1.807) is 0 Å². The van der Waals surface area contributed by atoms with Crippen LogP contribution in [0.1, 0.15) is 52.4 Å². The summed E-state index contributed by atoms with van der Waals surface area (Å²) in [6, 6.07) is 1.35. The standard InChI is InChI=1S/C16H30N2O/c1-4-18(5-2)10-9-16(19)13-11-14-7-6-8-15(12-13)17(14)3/h13-15H,4-12H2,1-3H3. The first kappa shape index (κ1) is 15.0.